The molecule has 0 aliphatic heterocycles. The number of ether oxygens (including phenoxy) is 2. The van der Waals surface area contributed by atoms with Gasteiger partial charge in [0.15, 0.2) is 11.5 Å². The second kappa shape index (κ2) is 7.57. The number of rotatable bonds is 7. The first-order chi connectivity index (χ1) is 9.94. The molecular weight excluding hydrogens is 268 g/mol. The fourth-order valence-electron chi connectivity index (χ4n) is 1.89. The van der Waals surface area contributed by atoms with Gasteiger partial charge >= 0.3 is 6.03 Å². The summed E-state index contributed by atoms with van der Waals surface area (Å²) in [6.45, 7) is 8.62. The fraction of sp³-hybridized carbons (Fsp3) is 0.438. The van der Waals surface area contributed by atoms with Crippen LogP contribution in [-0.2, 0) is 5.41 Å². The van der Waals surface area contributed by atoms with Crippen LogP contribution in [0.4, 0.5) is 4.79 Å². The van der Waals surface area contributed by atoms with E-state index in [1.54, 1.807) is 20.3 Å². The summed E-state index contributed by atoms with van der Waals surface area (Å²) in [5, 5.41) is 5.54. The topological polar surface area (TPSA) is 59.6 Å². The number of carbonyl (C=O) groups excluding carboxylic acids is 1. The summed E-state index contributed by atoms with van der Waals surface area (Å²) >= 11 is 0. The van der Waals surface area contributed by atoms with E-state index in [0.717, 1.165) is 5.56 Å². The van der Waals surface area contributed by atoms with E-state index in [1.165, 1.54) is 0 Å². The molecular formula is C16H24N2O3. The first-order valence-electron chi connectivity index (χ1n) is 6.79. The lowest BCUT2D eigenvalue weighted by atomic mass is 9.84. The SMILES string of the molecule is C=CCNC(=O)NCC(C)(C)c1ccc(OC)c(OC)c1. The molecule has 0 aliphatic carbocycles. The third kappa shape index (κ3) is 4.70. The van der Waals surface area contributed by atoms with Gasteiger partial charge < -0.3 is 20.1 Å². The molecule has 0 saturated carbocycles. The van der Waals surface area contributed by atoms with Crippen LogP contribution in [0.2, 0.25) is 0 Å². The Morgan fingerprint density at radius 2 is 1.90 bits per heavy atom. The molecule has 0 bridgehead atoms. The van der Waals surface area contributed by atoms with E-state index in [1.807, 2.05) is 18.2 Å². The Hall–Kier alpha value is -2.17. The van der Waals surface area contributed by atoms with Crippen LogP contribution in [0.1, 0.15) is 19.4 Å². The maximum absolute atomic E-state index is 11.6. The van der Waals surface area contributed by atoms with Gasteiger partial charge in [-0.25, -0.2) is 4.79 Å². The molecule has 0 spiro atoms. The maximum atomic E-state index is 11.6. The second-order valence-corrected chi connectivity index (χ2v) is 5.31. The highest BCUT2D eigenvalue weighted by Gasteiger charge is 2.23. The zero-order valence-corrected chi connectivity index (χ0v) is 13.2. The Labute approximate surface area is 126 Å². The molecule has 1 rings (SSSR count). The minimum Gasteiger partial charge on any atom is -0.493 e. The van der Waals surface area contributed by atoms with Crippen molar-refractivity contribution in [1.82, 2.24) is 10.6 Å². The molecule has 0 saturated heterocycles. The lowest BCUT2D eigenvalue weighted by Gasteiger charge is -2.26. The number of benzene rings is 1. The van der Waals surface area contributed by atoms with Gasteiger partial charge in [-0.3, -0.25) is 0 Å². The molecule has 0 aliphatic rings. The van der Waals surface area contributed by atoms with Crippen molar-refractivity contribution in [2.75, 3.05) is 27.3 Å². The summed E-state index contributed by atoms with van der Waals surface area (Å²) in [6, 6.07) is 5.57. The van der Waals surface area contributed by atoms with Crippen molar-refractivity contribution in [3.63, 3.8) is 0 Å². The van der Waals surface area contributed by atoms with Gasteiger partial charge in [0.25, 0.3) is 0 Å². The van der Waals surface area contributed by atoms with Crippen molar-refractivity contribution < 1.29 is 14.3 Å². The quantitative estimate of drug-likeness (QED) is 0.759. The Balaban J connectivity index is 2.77. The van der Waals surface area contributed by atoms with Crippen molar-refractivity contribution in [1.29, 1.82) is 0 Å². The first kappa shape index (κ1) is 16.9. The van der Waals surface area contributed by atoms with Crippen LogP contribution in [0.5, 0.6) is 11.5 Å². The molecule has 2 N–H and O–H groups in total. The molecule has 0 unspecified atom stereocenters. The van der Waals surface area contributed by atoms with E-state index in [-0.39, 0.29) is 11.4 Å². The molecule has 116 valence electrons. The highest BCUT2D eigenvalue weighted by molar-refractivity contribution is 5.74. The average Bonchev–Trinajstić information content (AvgIpc) is 2.50. The van der Waals surface area contributed by atoms with Crippen LogP contribution >= 0.6 is 0 Å². The van der Waals surface area contributed by atoms with Crippen LogP contribution in [0.3, 0.4) is 0 Å². The van der Waals surface area contributed by atoms with Gasteiger partial charge in [-0.2, -0.15) is 0 Å². The van der Waals surface area contributed by atoms with E-state index in [9.17, 15) is 4.79 Å². The molecule has 0 radical (unpaired) electrons. The highest BCUT2D eigenvalue weighted by atomic mass is 16.5. The summed E-state index contributed by atoms with van der Waals surface area (Å²) in [5.41, 5.74) is 0.828. The largest absolute Gasteiger partial charge is 0.493 e. The molecule has 1 aromatic carbocycles. The maximum Gasteiger partial charge on any atom is 0.315 e. The van der Waals surface area contributed by atoms with E-state index in [2.05, 4.69) is 31.1 Å². The van der Waals surface area contributed by atoms with E-state index in [4.69, 9.17) is 9.47 Å². The Morgan fingerprint density at radius 3 is 2.48 bits per heavy atom. The Bertz CT molecular complexity index is 498. The van der Waals surface area contributed by atoms with Gasteiger partial charge in [-0.1, -0.05) is 26.0 Å². The van der Waals surface area contributed by atoms with Crippen molar-refractivity contribution in [2.24, 2.45) is 0 Å². The number of hydrogen-bond donors (Lipinski definition) is 2. The molecule has 0 aromatic heterocycles. The Kier molecular flexibility index (Phi) is 6.09. The van der Waals surface area contributed by atoms with Gasteiger partial charge in [0, 0.05) is 18.5 Å². The molecule has 21 heavy (non-hydrogen) atoms. The fourth-order valence-corrected chi connectivity index (χ4v) is 1.89. The van der Waals surface area contributed by atoms with Gasteiger partial charge in [0.1, 0.15) is 0 Å². The molecule has 5 nitrogen and oxygen atoms in total. The minimum absolute atomic E-state index is 0.205. The van der Waals surface area contributed by atoms with Gasteiger partial charge in [-0.05, 0) is 17.7 Å². The van der Waals surface area contributed by atoms with Crippen LogP contribution in [0, 0.1) is 0 Å². The Morgan fingerprint density at radius 1 is 1.24 bits per heavy atom. The molecule has 0 atom stereocenters. The molecule has 0 heterocycles. The third-order valence-electron chi connectivity index (χ3n) is 3.26. The van der Waals surface area contributed by atoms with Crippen molar-refractivity contribution in [3.8, 4) is 11.5 Å². The predicted molar refractivity (Wildman–Crippen MR) is 84.2 cm³/mol. The van der Waals surface area contributed by atoms with Gasteiger partial charge in [0.2, 0.25) is 0 Å². The van der Waals surface area contributed by atoms with Crippen LogP contribution < -0.4 is 20.1 Å². The zero-order valence-electron chi connectivity index (χ0n) is 13.2. The van der Waals surface area contributed by atoms with Crippen LogP contribution in [-0.4, -0.2) is 33.3 Å². The number of methoxy groups -OCH3 is 2. The van der Waals surface area contributed by atoms with Crippen LogP contribution in [0.15, 0.2) is 30.9 Å². The predicted octanol–water partition coefficient (Wildman–Crippen LogP) is 2.47. The first-order valence-corrected chi connectivity index (χ1v) is 6.79. The highest BCUT2D eigenvalue weighted by Crippen LogP contribution is 2.32. The summed E-state index contributed by atoms with van der Waals surface area (Å²) in [4.78, 5) is 11.6. The van der Waals surface area contributed by atoms with Crippen molar-refractivity contribution >= 4 is 6.03 Å². The molecule has 2 amide bonds. The third-order valence-corrected chi connectivity index (χ3v) is 3.26. The number of urea groups is 1. The normalized spacial score (nSPS) is 10.7. The van der Waals surface area contributed by atoms with Gasteiger partial charge in [-0.15, -0.1) is 6.58 Å². The summed E-state index contributed by atoms with van der Waals surface area (Å²) in [7, 11) is 3.21. The second-order valence-electron chi connectivity index (χ2n) is 5.31. The molecule has 0 fully saturated rings. The molecule has 1 aromatic rings. The van der Waals surface area contributed by atoms with Crippen LogP contribution in [0.25, 0.3) is 0 Å². The zero-order chi connectivity index (χ0) is 15.9. The minimum atomic E-state index is -0.231. The summed E-state index contributed by atoms with van der Waals surface area (Å²) in [6.07, 6.45) is 1.64. The lowest BCUT2D eigenvalue weighted by molar-refractivity contribution is 0.239. The summed E-state index contributed by atoms with van der Waals surface area (Å²) in [5.74, 6) is 1.37. The standard InChI is InChI=1S/C16H24N2O3/c1-6-9-17-15(19)18-11-16(2,3)12-7-8-13(20-4)14(10-12)21-5/h6-8,10H,1,9,11H2,2-5H3,(H2,17,18,19). The van der Waals surface area contributed by atoms with Gasteiger partial charge in [0.05, 0.1) is 14.2 Å². The lowest BCUT2D eigenvalue weighted by Crippen LogP contribution is -2.42. The van der Waals surface area contributed by atoms with E-state index in [0.29, 0.717) is 24.6 Å². The number of hydrogen-bond acceptors (Lipinski definition) is 3. The number of amides is 2. The average molecular weight is 292 g/mol. The van der Waals surface area contributed by atoms with E-state index >= 15 is 0 Å². The monoisotopic (exact) mass is 292 g/mol. The van der Waals surface area contributed by atoms with E-state index < -0.39 is 0 Å². The smallest absolute Gasteiger partial charge is 0.315 e. The van der Waals surface area contributed by atoms with Crippen molar-refractivity contribution in [3.05, 3.63) is 36.4 Å². The summed E-state index contributed by atoms with van der Waals surface area (Å²) < 4.78 is 10.5. The molecule has 5 heteroatoms. The van der Waals surface area contributed by atoms with Crippen molar-refractivity contribution in [2.45, 2.75) is 19.3 Å². The number of carbonyl (C=O) groups is 1. The number of nitrogens with one attached hydrogen (secondary N) is 2.